The topological polar surface area (TPSA) is 94.7 Å². The lowest BCUT2D eigenvalue weighted by Gasteiger charge is -2.15. The summed E-state index contributed by atoms with van der Waals surface area (Å²) in [6, 6.07) is 21.9. The molecule has 5 rings (SSSR count). The molecule has 0 aliphatic heterocycles. The summed E-state index contributed by atoms with van der Waals surface area (Å²) in [6.45, 7) is 0.0659. The highest BCUT2D eigenvalue weighted by atomic mass is 16.2. The van der Waals surface area contributed by atoms with Crippen molar-refractivity contribution in [1.82, 2.24) is 24.8 Å². The number of rotatable bonds is 4. The van der Waals surface area contributed by atoms with Crippen LogP contribution in [-0.2, 0) is 11.3 Å². The molecule has 0 radical (unpaired) electrons. The maximum absolute atomic E-state index is 12.9. The fourth-order valence-corrected chi connectivity index (χ4v) is 3.60. The molecule has 0 fully saturated rings. The first-order valence-electron chi connectivity index (χ1n) is 9.34. The SMILES string of the molecule is O=C(Cn1c2ccccc2c(=O)c2ccccc21)Nc1cccc(-n2cnnn2)c1. The molecule has 5 aromatic rings. The van der Waals surface area contributed by atoms with Gasteiger partial charge in [0.2, 0.25) is 5.91 Å². The third-order valence-corrected chi connectivity index (χ3v) is 4.92. The summed E-state index contributed by atoms with van der Waals surface area (Å²) in [5.41, 5.74) is 2.77. The van der Waals surface area contributed by atoms with Crippen molar-refractivity contribution in [2.75, 3.05) is 5.32 Å². The highest BCUT2D eigenvalue weighted by Gasteiger charge is 2.13. The number of hydrogen-bond acceptors (Lipinski definition) is 5. The van der Waals surface area contributed by atoms with Crippen LogP contribution in [0.3, 0.4) is 0 Å². The lowest BCUT2D eigenvalue weighted by molar-refractivity contribution is -0.116. The van der Waals surface area contributed by atoms with Gasteiger partial charge in [-0.3, -0.25) is 9.59 Å². The Kier molecular flexibility index (Phi) is 4.29. The van der Waals surface area contributed by atoms with Crippen molar-refractivity contribution in [2.45, 2.75) is 6.54 Å². The monoisotopic (exact) mass is 396 g/mol. The van der Waals surface area contributed by atoms with Gasteiger partial charge >= 0.3 is 0 Å². The predicted molar refractivity (Wildman–Crippen MR) is 113 cm³/mol. The van der Waals surface area contributed by atoms with Crippen molar-refractivity contribution < 1.29 is 4.79 Å². The van der Waals surface area contributed by atoms with Gasteiger partial charge in [0.25, 0.3) is 0 Å². The summed E-state index contributed by atoms with van der Waals surface area (Å²) in [5, 5.41) is 15.2. The molecule has 1 N–H and O–H groups in total. The van der Waals surface area contributed by atoms with E-state index in [0.717, 1.165) is 16.7 Å². The number of tetrazole rings is 1. The van der Waals surface area contributed by atoms with E-state index in [1.54, 1.807) is 24.3 Å². The lowest BCUT2D eigenvalue weighted by Crippen LogP contribution is -2.21. The number of hydrogen-bond donors (Lipinski definition) is 1. The molecule has 3 aromatic carbocycles. The standard InChI is InChI=1S/C22H16N6O2/c29-21(24-15-6-5-7-16(12-15)28-14-23-25-26-28)13-27-19-10-3-1-8-17(19)22(30)18-9-2-4-11-20(18)27/h1-12,14H,13H2,(H,24,29). The molecule has 30 heavy (non-hydrogen) atoms. The summed E-state index contributed by atoms with van der Waals surface area (Å²) in [6.07, 6.45) is 1.49. The Hall–Kier alpha value is -4.33. The number of nitrogens with zero attached hydrogens (tertiary/aromatic N) is 5. The van der Waals surface area contributed by atoms with E-state index in [9.17, 15) is 9.59 Å². The van der Waals surface area contributed by atoms with Gasteiger partial charge in [-0.1, -0.05) is 30.3 Å². The quantitative estimate of drug-likeness (QED) is 0.472. The number of aromatic nitrogens is 5. The molecule has 2 aromatic heterocycles. The molecule has 8 nitrogen and oxygen atoms in total. The third kappa shape index (κ3) is 3.10. The number of anilines is 1. The van der Waals surface area contributed by atoms with Crippen LogP contribution in [0.4, 0.5) is 5.69 Å². The first-order chi connectivity index (χ1) is 14.7. The summed E-state index contributed by atoms with van der Waals surface area (Å²) in [7, 11) is 0. The van der Waals surface area contributed by atoms with Crippen LogP contribution in [0.2, 0.25) is 0 Å². The number of amides is 1. The van der Waals surface area contributed by atoms with Crippen LogP contribution >= 0.6 is 0 Å². The lowest BCUT2D eigenvalue weighted by atomic mass is 10.1. The molecule has 8 heteroatoms. The van der Waals surface area contributed by atoms with Gasteiger partial charge in [0.05, 0.1) is 16.7 Å². The van der Waals surface area contributed by atoms with Gasteiger partial charge in [0.1, 0.15) is 12.9 Å². The van der Waals surface area contributed by atoms with Crippen molar-refractivity contribution in [1.29, 1.82) is 0 Å². The van der Waals surface area contributed by atoms with Crippen molar-refractivity contribution in [2.24, 2.45) is 0 Å². The molecule has 0 unspecified atom stereocenters. The van der Waals surface area contributed by atoms with Gasteiger partial charge in [-0.2, -0.15) is 0 Å². The summed E-state index contributed by atoms with van der Waals surface area (Å²) in [5.74, 6) is -0.206. The Bertz CT molecular complexity index is 1380. The van der Waals surface area contributed by atoms with E-state index in [-0.39, 0.29) is 17.9 Å². The molecule has 0 saturated heterocycles. The fourth-order valence-electron chi connectivity index (χ4n) is 3.60. The van der Waals surface area contributed by atoms with Crippen LogP contribution in [0, 0.1) is 0 Å². The Labute approximate surface area is 170 Å². The largest absolute Gasteiger partial charge is 0.331 e. The summed E-state index contributed by atoms with van der Waals surface area (Å²) in [4.78, 5) is 25.7. The number of para-hydroxylation sites is 2. The van der Waals surface area contributed by atoms with Gasteiger partial charge in [0, 0.05) is 16.5 Å². The zero-order valence-corrected chi connectivity index (χ0v) is 15.8. The predicted octanol–water partition coefficient (Wildman–Crippen LogP) is 2.77. The number of benzene rings is 3. The van der Waals surface area contributed by atoms with Crippen LogP contribution in [0.1, 0.15) is 0 Å². The zero-order valence-electron chi connectivity index (χ0n) is 15.8. The molecular weight excluding hydrogens is 380 g/mol. The molecule has 0 spiro atoms. The Morgan fingerprint density at radius 1 is 0.900 bits per heavy atom. The van der Waals surface area contributed by atoms with Crippen molar-refractivity contribution in [3.8, 4) is 5.69 Å². The highest BCUT2D eigenvalue weighted by molar-refractivity contribution is 5.97. The number of pyridine rings is 1. The van der Waals surface area contributed by atoms with E-state index >= 15 is 0 Å². The highest BCUT2D eigenvalue weighted by Crippen LogP contribution is 2.20. The fraction of sp³-hybridized carbons (Fsp3) is 0.0455. The Morgan fingerprint density at radius 3 is 2.27 bits per heavy atom. The van der Waals surface area contributed by atoms with E-state index in [1.807, 2.05) is 53.1 Å². The zero-order chi connectivity index (χ0) is 20.5. The minimum absolute atomic E-state index is 0.0352. The first-order valence-corrected chi connectivity index (χ1v) is 9.34. The normalized spacial score (nSPS) is 11.1. The molecule has 0 bridgehead atoms. The van der Waals surface area contributed by atoms with Crippen molar-refractivity contribution in [3.05, 3.63) is 89.3 Å². The molecule has 0 aliphatic carbocycles. The van der Waals surface area contributed by atoms with Crippen molar-refractivity contribution in [3.63, 3.8) is 0 Å². The third-order valence-electron chi connectivity index (χ3n) is 4.92. The maximum atomic E-state index is 12.9. The van der Waals surface area contributed by atoms with Gasteiger partial charge < -0.3 is 9.88 Å². The molecular formula is C22H16N6O2. The van der Waals surface area contributed by atoms with Gasteiger partial charge in [0.15, 0.2) is 5.43 Å². The second kappa shape index (κ2) is 7.25. The van der Waals surface area contributed by atoms with E-state index in [4.69, 9.17) is 0 Å². The van der Waals surface area contributed by atoms with Gasteiger partial charge in [-0.05, 0) is 52.9 Å². The van der Waals surface area contributed by atoms with E-state index in [2.05, 4.69) is 20.8 Å². The number of fused-ring (bicyclic) bond motifs is 2. The second-order valence-corrected chi connectivity index (χ2v) is 6.80. The maximum Gasteiger partial charge on any atom is 0.244 e. The average Bonchev–Trinajstić information content (AvgIpc) is 3.32. The van der Waals surface area contributed by atoms with Crippen molar-refractivity contribution >= 4 is 33.4 Å². The van der Waals surface area contributed by atoms with E-state index in [1.165, 1.54) is 11.0 Å². The first kappa shape index (κ1) is 17.7. The Morgan fingerprint density at radius 2 is 1.60 bits per heavy atom. The molecule has 1 amide bonds. The van der Waals surface area contributed by atoms with Crippen LogP contribution in [-0.4, -0.2) is 30.7 Å². The molecule has 2 heterocycles. The number of carbonyl (C=O) groups excluding carboxylic acids is 1. The summed E-state index contributed by atoms with van der Waals surface area (Å²) >= 11 is 0. The smallest absolute Gasteiger partial charge is 0.244 e. The molecule has 0 aliphatic rings. The van der Waals surface area contributed by atoms with Gasteiger partial charge in [-0.25, -0.2) is 4.68 Å². The molecule has 146 valence electrons. The van der Waals surface area contributed by atoms with Crippen LogP contribution < -0.4 is 10.7 Å². The van der Waals surface area contributed by atoms with Crippen LogP contribution in [0.15, 0.2) is 83.9 Å². The van der Waals surface area contributed by atoms with E-state index < -0.39 is 0 Å². The van der Waals surface area contributed by atoms with E-state index in [0.29, 0.717) is 16.5 Å². The van der Waals surface area contributed by atoms with Crippen LogP contribution in [0.5, 0.6) is 0 Å². The molecule has 0 saturated carbocycles. The summed E-state index contributed by atoms with van der Waals surface area (Å²) < 4.78 is 3.38. The molecule has 0 atom stereocenters. The Balaban J connectivity index is 1.52. The second-order valence-electron chi connectivity index (χ2n) is 6.80. The number of nitrogens with one attached hydrogen (secondary N) is 1. The number of carbonyl (C=O) groups is 1. The minimum atomic E-state index is -0.206. The minimum Gasteiger partial charge on any atom is -0.331 e. The van der Waals surface area contributed by atoms with Crippen LogP contribution in [0.25, 0.3) is 27.5 Å². The van der Waals surface area contributed by atoms with Gasteiger partial charge in [-0.15, -0.1) is 5.10 Å². The average molecular weight is 396 g/mol.